The van der Waals surface area contributed by atoms with Crippen molar-refractivity contribution >= 4 is 23.2 Å². The maximum absolute atomic E-state index is 13.6. The van der Waals surface area contributed by atoms with E-state index in [0.29, 0.717) is 16.8 Å². The molecule has 10 heteroatoms. The summed E-state index contributed by atoms with van der Waals surface area (Å²) < 4.78 is 46.0. The van der Waals surface area contributed by atoms with Gasteiger partial charge < -0.3 is 10.1 Å². The maximum Gasteiger partial charge on any atom is 0.434 e. The van der Waals surface area contributed by atoms with Crippen molar-refractivity contribution in [2.75, 3.05) is 6.61 Å². The minimum Gasteiger partial charge on any atom is -0.462 e. The fourth-order valence-corrected chi connectivity index (χ4v) is 3.62. The van der Waals surface area contributed by atoms with Gasteiger partial charge in [-0.3, -0.25) is 4.79 Å². The molecule has 0 aliphatic rings. The largest absolute Gasteiger partial charge is 0.462 e. The maximum atomic E-state index is 13.6. The van der Waals surface area contributed by atoms with Gasteiger partial charge in [-0.2, -0.15) is 18.3 Å². The molecule has 0 spiro atoms. The zero-order valence-electron chi connectivity index (χ0n) is 16.1. The lowest BCUT2D eigenvalue weighted by molar-refractivity contribution is -0.143. The van der Waals surface area contributed by atoms with Gasteiger partial charge in [-0.05, 0) is 55.1 Å². The number of amides is 1. The van der Waals surface area contributed by atoms with E-state index >= 15 is 0 Å². The zero-order chi connectivity index (χ0) is 21.9. The molecule has 0 fully saturated rings. The number of halogens is 3. The fraction of sp³-hybridized carbons (Fsp3) is 0.250. The second kappa shape index (κ2) is 8.70. The Morgan fingerprint density at radius 2 is 1.90 bits per heavy atom. The lowest BCUT2D eigenvalue weighted by Crippen LogP contribution is -2.22. The van der Waals surface area contributed by atoms with Crippen LogP contribution < -0.4 is 5.32 Å². The van der Waals surface area contributed by atoms with Gasteiger partial charge in [0.25, 0.3) is 5.91 Å². The molecule has 0 aliphatic heterocycles. The highest BCUT2D eigenvalue weighted by Crippen LogP contribution is 2.34. The van der Waals surface area contributed by atoms with Crippen LogP contribution >= 0.6 is 11.3 Å². The molecule has 3 aromatic rings. The summed E-state index contributed by atoms with van der Waals surface area (Å²) in [6.45, 7) is 3.75. The van der Waals surface area contributed by atoms with Crippen LogP contribution in [-0.4, -0.2) is 28.3 Å². The first-order chi connectivity index (χ1) is 14.2. The lowest BCUT2D eigenvalue weighted by atomic mass is 10.1. The first kappa shape index (κ1) is 21.6. The van der Waals surface area contributed by atoms with Crippen molar-refractivity contribution in [2.45, 2.75) is 26.6 Å². The van der Waals surface area contributed by atoms with Crippen molar-refractivity contribution < 1.29 is 27.5 Å². The first-order valence-corrected chi connectivity index (χ1v) is 9.84. The van der Waals surface area contributed by atoms with Crippen molar-refractivity contribution in [3.05, 3.63) is 69.2 Å². The number of nitrogens with zero attached hydrogens (tertiary/aromatic N) is 2. The fourth-order valence-electron chi connectivity index (χ4n) is 2.78. The highest BCUT2D eigenvalue weighted by molar-refractivity contribution is 7.10. The van der Waals surface area contributed by atoms with E-state index in [0.717, 1.165) is 16.6 Å². The van der Waals surface area contributed by atoms with Crippen LogP contribution in [0.1, 0.15) is 43.8 Å². The Bertz CT molecular complexity index is 1060. The number of rotatable bonds is 6. The third-order valence-corrected chi connectivity index (χ3v) is 5.31. The van der Waals surface area contributed by atoms with Gasteiger partial charge in [0, 0.05) is 10.4 Å². The third kappa shape index (κ3) is 4.54. The van der Waals surface area contributed by atoms with Crippen LogP contribution in [0, 0.1) is 6.92 Å². The smallest absolute Gasteiger partial charge is 0.434 e. The predicted octanol–water partition coefficient (Wildman–Crippen LogP) is 4.37. The molecule has 0 unspecified atom stereocenters. The number of aryl methyl sites for hydroxylation is 1. The molecule has 0 atom stereocenters. The predicted molar refractivity (Wildman–Crippen MR) is 105 cm³/mol. The quantitative estimate of drug-likeness (QED) is 0.582. The molecule has 0 aliphatic carbocycles. The van der Waals surface area contributed by atoms with Crippen LogP contribution in [0.5, 0.6) is 0 Å². The van der Waals surface area contributed by atoms with Crippen LogP contribution in [0.15, 0.2) is 41.9 Å². The van der Waals surface area contributed by atoms with Crippen LogP contribution in [0.3, 0.4) is 0 Å². The minimum atomic E-state index is -4.83. The Hall–Kier alpha value is -3.14. The van der Waals surface area contributed by atoms with Crippen molar-refractivity contribution in [3.8, 4) is 5.69 Å². The molecule has 30 heavy (non-hydrogen) atoms. The molecule has 2 heterocycles. The van der Waals surface area contributed by atoms with E-state index in [1.807, 2.05) is 18.4 Å². The average molecular weight is 437 g/mol. The Morgan fingerprint density at radius 1 is 1.20 bits per heavy atom. The summed E-state index contributed by atoms with van der Waals surface area (Å²) in [5.41, 5.74) is -0.474. The number of hydrogen-bond acceptors (Lipinski definition) is 5. The molecule has 0 saturated carbocycles. The highest BCUT2D eigenvalue weighted by atomic mass is 32.1. The summed E-state index contributed by atoms with van der Waals surface area (Å²) in [7, 11) is 0. The number of carbonyl (C=O) groups excluding carboxylic acids is 2. The monoisotopic (exact) mass is 437 g/mol. The van der Waals surface area contributed by atoms with Gasteiger partial charge in [0.2, 0.25) is 0 Å². The number of thiophene rings is 1. The number of alkyl halides is 3. The Kier molecular flexibility index (Phi) is 6.25. The summed E-state index contributed by atoms with van der Waals surface area (Å²) in [6.07, 6.45) is -4.00. The first-order valence-electron chi connectivity index (χ1n) is 8.96. The van der Waals surface area contributed by atoms with Gasteiger partial charge in [-0.25, -0.2) is 9.48 Å². The highest BCUT2D eigenvalue weighted by Gasteiger charge is 2.41. The van der Waals surface area contributed by atoms with E-state index in [1.54, 1.807) is 0 Å². The third-order valence-electron chi connectivity index (χ3n) is 4.28. The molecule has 0 bridgehead atoms. The number of nitrogens with one attached hydrogen (secondary N) is 1. The molecule has 0 radical (unpaired) electrons. The summed E-state index contributed by atoms with van der Waals surface area (Å²) >= 11 is 1.53. The molecule has 1 N–H and O–H groups in total. The molecule has 1 aromatic carbocycles. The Balaban J connectivity index is 1.83. The van der Waals surface area contributed by atoms with Crippen molar-refractivity contribution in [1.82, 2.24) is 15.1 Å². The number of ether oxygens (including phenoxy) is 1. The standard InChI is InChI=1S/C20H18F3N3O3S/c1-3-29-19(28)15-10-25-26(17(15)20(21,22)23)14-6-4-13(5-7-14)18(27)24-11-16-12(2)8-9-30-16/h4-10H,3,11H2,1-2H3,(H,24,27). The van der Waals surface area contributed by atoms with Gasteiger partial charge in [0.05, 0.1) is 25.0 Å². The van der Waals surface area contributed by atoms with Gasteiger partial charge in [0.15, 0.2) is 5.69 Å². The number of carbonyl (C=O) groups is 2. The summed E-state index contributed by atoms with van der Waals surface area (Å²) in [5.74, 6) is -1.45. The number of benzene rings is 1. The topological polar surface area (TPSA) is 73.2 Å². The van der Waals surface area contributed by atoms with E-state index in [1.165, 1.54) is 42.5 Å². The van der Waals surface area contributed by atoms with Gasteiger partial charge in [0.1, 0.15) is 5.56 Å². The van der Waals surface area contributed by atoms with E-state index in [4.69, 9.17) is 0 Å². The molecule has 0 saturated heterocycles. The number of esters is 1. The van der Waals surface area contributed by atoms with E-state index < -0.39 is 23.4 Å². The minimum absolute atomic E-state index is 0.0588. The summed E-state index contributed by atoms with van der Waals surface area (Å²) in [4.78, 5) is 25.2. The molecular weight excluding hydrogens is 419 g/mol. The van der Waals surface area contributed by atoms with Gasteiger partial charge in [-0.15, -0.1) is 11.3 Å². The SMILES string of the molecule is CCOC(=O)c1cnn(-c2ccc(C(=O)NCc3sccc3C)cc2)c1C(F)(F)F. The van der Waals surface area contributed by atoms with Crippen LogP contribution in [-0.2, 0) is 17.5 Å². The number of aromatic nitrogens is 2. The zero-order valence-corrected chi connectivity index (χ0v) is 16.9. The Morgan fingerprint density at radius 3 is 2.47 bits per heavy atom. The van der Waals surface area contributed by atoms with E-state index in [9.17, 15) is 22.8 Å². The second-order valence-corrected chi connectivity index (χ2v) is 7.29. The van der Waals surface area contributed by atoms with Gasteiger partial charge in [-0.1, -0.05) is 0 Å². The van der Waals surface area contributed by atoms with Crippen LogP contribution in [0.25, 0.3) is 5.69 Å². The molecule has 6 nitrogen and oxygen atoms in total. The van der Waals surface area contributed by atoms with Crippen molar-refractivity contribution in [2.24, 2.45) is 0 Å². The van der Waals surface area contributed by atoms with E-state index in [2.05, 4.69) is 15.2 Å². The second-order valence-electron chi connectivity index (χ2n) is 6.29. The van der Waals surface area contributed by atoms with Crippen molar-refractivity contribution in [1.29, 1.82) is 0 Å². The summed E-state index contributed by atoms with van der Waals surface area (Å²) in [5, 5.41) is 8.41. The lowest BCUT2D eigenvalue weighted by Gasteiger charge is -2.13. The van der Waals surface area contributed by atoms with Crippen molar-refractivity contribution in [3.63, 3.8) is 0 Å². The average Bonchev–Trinajstić information content (AvgIpc) is 3.32. The molecule has 158 valence electrons. The van der Waals surface area contributed by atoms with Crippen LogP contribution in [0.4, 0.5) is 13.2 Å². The van der Waals surface area contributed by atoms with Crippen LogP contribution in [0.2, 0.25) is 0 Å². The molecule has 3 rings (SSSR count). The van der Waals surface area contributed by atoms with Gasteiger partial charge >= 0.3 is 12.1 Å². The molecular formula is C20H18F3N3O3S. The number of hydrogen-bond donors (Lipinski definition) is 1. The molecule has 1 amide bonds. The normalized spacial score (nSPS) is 11.4. The Labute approximate surface area is 174 Å². The molecule has 2 aromatic heterocycles. The van der Waals surface area contributed by atoms with E-state index in [-0.39, 0.29) is 18.2 Å². The summed E-state index contributed by atoms with van der Waals surface area (Å²) in [6, 6.07) is 7.43.